The molecule has 1 N–H and O–H groups in total. The molecular formula is C23H28N2O4. The number of nitrogens with zero attached hydrogens (tertiary/aromatic N) is 1. The van der Waals surface area contributed by atoms with Crippen molar-refractivity contribution in [2.75, 3.05) is 27.3 Å². The second kappa shape index (κ2) is 9.96. The van der Waals surface area contributed by atoms with E-state index < -0.39 is 0 Å². The maximum Gasteiger partial charge on any atom is 0.253 e. The number of benzene rings is 2. The van der Waals surface area contributed by atoms with Gasteiger partial charge in [0, 0.05) is 31.6 Å². The zero-order valence-corrected chi connectivity index (χ0v) is 17.1. The van der Waals surface area contributed by atoms with Crippen LogP contribution in [0.1, 0.15) is 40.7 Å². The Morgan fingerprint density at radius 2 is 1.72 bits per heavy atom. The zero-order chi connectivity index (χ0) is 20.6. The van der Waals surface area contributed by atoms with Crippen molar-refractivity contribution in [1.29, 1.82) is 0 Å². The lowest BCUT2D eigenvalue weighted by Gasteiger charge is -2.15. The summed E-state index contributed by atoms with van der Waals surface area (Å²) in [5.74, 6) is 1.54. The molecule has 3 rings (SSSR count). The van der Waals surface area contributed by atoms with Crippen LogP contribution in [0.4, 0.5) is 0 Å². The van der Waals surface area contributed by atoms with E-state index >= 15 is 0 Å². The van der Waals surface area contributed by atoms with E-state index in [-0.39, 0.29) is 11.8 Å². The summed E-state index contributed by atoms with van der Waals surface area (Å²) in [5, 5.41) is 2.93. The van der Waals surface area contributed by atoms with Gasteiger partial charge in [-0.2, -0.15) is 0 Å². The summed E-state index contributed by atoms with van der Waals surface area (Å²) < 4.78 is 10.6. The lowest BCUT2D eigenvalue weighted by Crippen LogP contribution is -2.27. The van der Waals surface area contributed by atoms with E-state index in [0.717, 1.165) is 48.6 Å². The highest BCUT2D eigenvalue weighted by Crippen LogP contribution is 2.25. The Bertz CT molecular complexity index is 842. The minimum Gasteiger partial charge on any atom is -0.497 e. The van der Waals surface area contributed by atoms with Crippen molar-refractivity contribution < 1.29 is 19.1 Å². The highest BCUT2D eigenvalue weighted by Gasteiger charge is 2.19. The summed E-state index contributed by atoms with van der Waals surface area (Å²) in [5.41, 5.74) is 2.61. The molecule has 29 heavy (non-hydrogen) atoms. The Hall–Kier alpha value is -3.02. The minimum atomic E-state index is -0.0351. The number of amides is 2. The quantitative estimate of drug-likeness (QED) is 0.744. The van der Waals surface area contributed by atoms with Crippen LogP contribution in [0.15, 0.2) is 42.5 Å². The standard InChI is InChI=1S/C23H28N2O4/c1-28-20-10-11-21(29-2)19(15-20)9-12-22(26)24-16-17-5-7-18(8-6-17)23(27)25-13-3-4-14-25/h5-8,10-11,15H,3-4,9,12-14,16H2,1-2H3,(H,24,26). The Kier molecular flexibility index (Phi) is 7.11. The smallest absolute Gasteiger partial charge is 0.253 e. The first-order chi connectivity index (χ1) is 14.1. The number of carbonyl (C=O) groups excluding carboxylic acids is 2. The van der Waals surface area contributed by atoms with Crippen molar-refractivity contribution in [3.05, 3.63) is 59.2 Å². The molecule has 1 fully saturated rings. The molecule has 6 heteroatoms. The number of methoxy groups -OCH3 is 2. The molecule has 0 radical (unpaired) electrons. The Balaban J connectivity index is 1.49. The van der Waals surface area contributed by atoms with E-state index in [1.54, 1.807) is 14.2 Å². The van der Waals surface area contributed by atoms with Crippen molar-refractivity contribution in [2.24, 2.45) is 0 Å². The number of carbonyl (C=O) groups is 2. The van der Waals surface area contributed by atoms with Gasteiger partial charge in [0.25, 0.3) is 5.91 Å². The largest absolute Gasteiger partial charge is 0.497 e. The van der Waals surface area contributed by atoms with E-state index in [0.29, 0.717) is 24.9 Å². The molecule has 0 atom stereocenters. The molecule has 1 heterocycles. The number of ether oxygens (including phenoxy) is 2. The second-order valence-electron chi connectivity index (χ2n) is 7.15. The lowest BCUT2D eigenvalue weighted by atomic mass is 10.1. The summed E-state index contributed by atoms with van der Waals surface area (Å²) in [7, 11) is 3.23. The van der Waals surface area contributed by atoms with E-state index in [4.69, 9.17) is 9.47 Å². The van der Waals surface area contributed by atoms with Crippen LogP contribution < -0.4 is 14.8 Å². The molecule has 1 aliphatic heterocycles. The average Bonchev–Trinajstić information content (AvgIpc) is 3.30. The predicted octanol–water partition coefficient (Wildman–Crippen LogP) is 3.19. The van der Waals surface area contributed by atoms with E-state index in [1.807, 2.05) is 47.4 Å². The van der Waals surface area contributed by atoms with Gasteiger partial charge in [-0.05, 0) is 60.7 Å². The number of hydrogen-bond donors (Lipinski definition) is 1. The number of rotatable bonds is 8. The third-order valence-corrected chi connectivity index (χ3v) is 5.19. The van der Waals surface area contributed by atoms with Crippen LogP contribution in [-0.4, -0.2) is 44.0 Å². The summed E-state index contributed by atoms with van der Waals surface area (Å²) in [4.78, 5) is 26.5. The summed E-state index contributed by atoms with van der Waals surface area (Å²) >= 11 is 0. The lowest BCUT2D eigenvalue weighted by molar-refractivity contribution is -0.121. The number of likely N-dealkylation sites (tertiary alicyclic amines) is 1. The molecule has 0 unspecified atom stereocenters. The number of aryl methyl sites for hydroxylation is 1. The second-order valence-corrected chi connectivity index (χ2v) is 7.15. The van der Waals surface area contributed by atoms with Crippen molar-refractivity contribution >= 4 is 11.8 Å². The van der Waals surface area contributed by atoms with Gasteiger partial charge in [0.15, 0.2) is 0 Å². The molecular weight excluding hydrogens is 368 g/mol. The van der Waals surface area contributed by atoms with Gasteiger partial charge in [0.1, 0.15) is 11.5 Å². The van der Waals surface area contributed by atoms with Crippen molar-refractivity contribution in [3.63, 3.8) is 0 Å². The molecule has 6 nitrogen and oxygen atoms in total. The zero-order valence-electron chi connectivity index (χ0n) is 17.1. The topological polar surface area (TPSA) is 67.9 Å². The van der Waals surface area contributed by atoms with Crippen LogP contribution in [0.5, 0.6) is 11.5 Å². The van der Waals surface area contributed by atoms with Gasteiger partial charge in [-0.15, -0.1) is 0 Å². The number of hydrogen-bond acceptors (Lipinski definition) is 4. The average molecular weight is 396 g/mol. The highest BCUT2D eigenvalue weighted by molar-refractivity contribution is 5.94. The molecule has 2 aromatic rings. The summed E-state index contributed by atoms with van der Waals surface area (Å²) in [6.45, 7) is 2.12. The first-order valence-corrected chi connectivity index (χ1v) is 9.96. The van der Waals surface area contributed by atoms with E-state index in [9.17, 15) is 9.59 Å². The fraction of sp³-hybridized carbons (Fsp3) is 0.391. The Morgan fingerprint density at radius 1 is 1.00 bits per heavy atom. The SMILES string of the molecule is COc1ccc(OC)c(CCC(=O)NCc2ccc(C(=O)N3CCCC3)cc2)c1. The van der Waals surface area contributed by atoms with Gasteiger partial charge in [-0.3, -0.25) is 9.59 Å². The highest BCUT2D eigenvalue weighted by atomic mass is 16.5. The molecule has 0 saturated carbocycles. The van der Waals surface area contributed by atoms with Gasteiger partial charge in [0.2, 0.25) is 5.91 Å². The van der Waals surface area contributed by atoms with Crippen molar-refractivity contribution in [2.45, 2.75) is 32.2 Å². The molecule has 0 spiro atoms. The maximum absolute atomic E-state index is 12.4. The fourth-order valence-electron chi connectivity index (χ4n) is 3.48. The van der Waals surface area contributed by atoms with Crippen LogP contribution in [0.3, 0.4) is 0 Å². The molecule has 2 aromatic carbocycles. The van der Waals surface area contributed by atoms with Crippen LogP contribution in [-0.2, 0) is 17.8 Å². The molecule has 154 valence electrons. The molecule has 1 saturated heterocycles. The normalized spacial score (nSPS) is 13.2. The van der Waals surface area contributed by atoms with Gasteiger partial charge in [0.05, 0.1) is 14.2 Å². The maximum atomic E-state index is 12.4. The Morgan fingerprint density at radius 3 is 2.38 bits per heavy atom. The van der Waals surface area contributed by atoms with Gasteiger partial charge in [-0.1, -0.05) is 12.1 Å². The van der Waals surface area contributed by atoms with Crippen LogP contribution in [0, 0.1) is 0 Å². The van der Waals surface area contributed by atoms with E-state index in [1.165, 1.54) is 0 Å². The van der Waals surface area contributed by atoms with Gasteiger partial charge >= 0.3 is 0 Å². The van der Waals surface area contributed by atoms with Crippen LogP contribution >= 0.6 is 0 Å². The minimum absolute atomic E-state index is 0.0351. The van der Waals surface area contributed by atoms with Crippen molar-refractivity contribution in [3.8, 4) is 11.5 Å². The van der Waals surface area contributed by atoms with Gasteiger partial charge < -0.3 is 19.7 Å². The summed E-state index contributed by atoms with van der Waals surface area (Å²) in [6.07, 6.45) is 3.08. The summed E-state index contributed by atoms with van der Waals surface area (Å²) in [6, 6.07) is 13.0. The third-order valence-electron chi connectivity index (χ3n) is 5.19. The molecule has 1 aliphatic rings. The Labute approximate surface area is 171 Å². The van der Waals surface area contributed by atoms with Gasteiger partial charge in [-0.25, -0.2) is 0 Å². The first-order valence-electron chi connectivity index (χ1n) is 9.96. The molecule has 0 bridgehead atoms. The predicted molar refractivity (Wildman–Crippen MR) is 111 cm³/mol. The molecule has 0 aromatic heterocycles. The molecule has 2 amide bonds. The van der Waals surface area contributed by atoms with Crippen molar-refractivity contribution in [1.82, 2.24) is 10.2 Å². The third kappa shape index (κ3) is 5.50. The monoisotopic (exact) mass is 396 g/mol. The molecule has 0 aliphatic carbocycles. The first kappa shape index (κ1) is 20.7. The van der Waals surface area contributed by atoms with E-state index in [2.05, 4.69) is 5.32 Å². The van der Waals surface area contributed by atoms with Crippen LogP contribution in [0.2, 0.25) is 0 Å². The van der Waals surface area contributed by atoms with Crippen LogP contribution in [0.25, 0.3) is 0 Å². The fourth-order valence-corrected chi connectivity index (χ4v) is 3.48. The number of nitrogens with one attached hydrogen (secondary N) is 1.